The quantitative estimate of drug-likeness (QED) is 0.609. The van der Waals surface area contributed by atoms with Crippen LogP contribution in [0.25, 0.3) is 0 Å². The third kappa shape index (κ3) is 2.10. The molecule has 0 spiro atoms. The molecule has 2 rings (SSSR count). The van der Waals surface area contributed by atoms with Crippen molar-refractivity contribution in [2.24, 2.45) is 0 Å². The number of hydrogen-bond acceptors (Lipinski definition) is 4. The molecule has 1 N–H and O–H groups in total. The maximum atomic E-state index is 11.0. The van der Waals surface area contributed by atoms with Crippen LogP contribution in [0.5, 0.6) is 0 Å². The molecule has 1 aromatic carbocycles. The Labute approximate surface area is 90.0 Å². The van der Waals surface area contributed by atoms with E-state index in [1.807, 2.05) is 0 Å². The number of carbonyl (C=O) groups excluding carboxylic acids is 1. The van der Waals surface area contributed by atoms with Crippen LogP contribution in [0.2, 0.25) is 0 Å². The van der Waals surface area contributed by atoms with E-state index in [4.69, 9.17) is 0 Å². The van der Waals surface area contributed by atoms with E-state index in [9.17, 15) is 14.9 Å². The van der Waals surface area contributed by atoms with E-state index in [-0.39, 0.29) is 17.0 Å². The van der Waals surface area contributed by atoms with E-state index in [0.29, 0.717) is 5.75 Å². The molecule has 0 aliphatic carbocycles. The Morgan fingerprint density at radius 3 is 2.93 bits per heavy atom. The zero-order valence-electron chi connectivity index (χ0n) is 7.67. The number of rotatable bonds is 2. The minimum Gasteiger partial charge on any atom is -0.339 e. The Bertz CT molecular complexity index is 422. The molecule has 1 fully saturated rings. The molecule has 6 heteroatoms. The lowest BCUT2D eigenvalue weighted by Crippen LogP contribution is -2.18. The van der Waals surface area contributed by atoms with Gasteiger partial charge in [0.25, 0.3) is 5.69 Å². The second kappa shape index (κ2) is 3.90. The fourth-order valence-electron chi connectivity index (χ4n) is 1.37. The van der Waals surface area contributed by atoms with Gasteiger partial charge in [0.05, 0.1) is 10.7 Å². The molecule has 0 radical (unpaired) electrons. The van der Waals surface area contributed by atoms with Crippen LogP contribution in [0.4, 0.5) is 5.69 Å². The van der Waals surface area contributed by atoms with Crippen LogP contribution in [-0.4, -0.2) is 16.6 Å². The SMILES string of the molecule is O=C1CS[C@@H](c2cccc([N+](=O)[O-])c2)N1. The van der Waals surface area contributed by atoms with Crippen molar-refractivity contribution in [1.82, 2.24) is 5.32 Å². The van der Waals surface area contributed by atoms with Gasteiger partial charge in [-0.15, -0.1) is 11.8 Å². The fourth-order valence-corrected chi connectivity index (χ4v) is 2.32. The van der Waals surface area contributed by atoms with Crippen molar-refractivity contribution >= 4 is 23.4 Å². The van der Waals surface area contributed by atoms with Gasteiger partial charge in [0.2, 0.25) is 5.91 Å². The number of thioether (sulfide) groups is 1. The first kappa shape index (κ1) is 9.97. The second-order valence-corrected chi connectivity index (χ2v) is 4.20. The number of hydrogen-bond donors (Lipinski definition) is 1. The van der Waals surface area contributed by atoms with Gasteiger partial charge in [-0.3, -0.25) is 14.9 Å². The number of nitro groups is 1. The Hall–Kier alpha value is -1.56. The van der Waals surface area contributed by atoms with E-state index in [0.717, 1.165) is 5.56 Å². The number of nitrogens with one attached hydrogen (secondary N) is 1. The maximum absolute atomic E-state index is 11.0. The summed E-state index contributed by atoms with van der Waals surface area (Å²) < 4.78 is 0. The van der Waals surface area contributed by atoms with Crippen LogP contribution >= 0.6 is 11.8 Å². The highest BCUT2D eigenvalue weighted by atomic mass is 32.2. The molecule has 0 aromatic heterocycles. The Balaban J connectivity index is 2.25. The summed E-state index contributed by atoms with van der Waals surface area (Å²) in [5.41, 5.74) is 0.814. The smallest absolute Gasteiger partial charge is 0.269 e. The van der Waals surface area contributed by atoms with E-state index in [2.05, 4.69) is 5.32 Å². The van der Waals surface area contributed by atoms with Gasteiger partial charge in [-0.1, -0.05) is 12.1 Å². The van der Waals surface area contributed by atoms with Gasteiger partial charge in [-0.2, -0.15) is 0 Å². The summed E-state index contributed by atoms with van der Waals surface area (Å²) in [5, 5.41) is 13.1. The number of carbonyl (C=O) groups is 1. The van der Waals surface area contributed by atoms with Crippen LogP contribution in [0.15, 0.2) is 24.3 Å². The van der Waals surface area contributed by atoms with Crippen LogP contribution in [0, 0.1) is 10.1 Å². The zero-order chi connectivity index (χ0) is 10.8. The van der Waals surface area contributed by atoms with E-state index in [1.54, 1.807) is 12.1 Å². The number of nitro benzene ring substituents is 1. The van der Waals surface area contributed by atoms with Crippen molar-refractivity contribution in [1.29, 1.82) is 0 Å². The molecular formula is C9H8N2O3S. The van der Waals surface area contributed by atoms with Crippen molar-refractivity contribution in [2.75, 3.05) is 5.75 Å². The highest BCUT2D eigenvalue weighted by Crippen LogP contribution is 2.31. The Morgan fingerprint density at radius 2 is 2.33 bits per heavy atom. The molecule has 5 nitrogen and oxygen atoms in total. The highest BCUT2D eigenvalue weighted by Gasteiger charge is 2.23. The van der Waals surface area contributed by atoms with E-state index >= 15 is 0 Å². The lowest BCUT2D eigenvalue weighted by Gasteiger charge is -2.08. The van der Waals surface area contributed by atoms with Gasteiger partial charge in [0.1, 0.15) is 5.37 Å². The fraction of sp³-hybridized carbons (Fsp3) is 0.222. The van der Waals surface area contributed by atoms with Gasteiger partial charge in [-0.25, -0.2) is 0 Å². The molecule has 1 aromatic rings. The molecule has 0 saturated carbocycles. The minimum absolute atomic E-state index is 0.0310. The summed E-state index contributed by atoms with van der Waals surface area (Å²) in [7, 11) is 0. The number of amides is 1. The normalized spacial score (nSPS) is 20.0. The summed E-state index contributed by atoms with van der Waals surface area (Å²) in [6.07, 6.45) is 0. The van der Waals surface area contributed by atoms with Gasteiger partial charge in [-0.05, 0) is 5.56 Å². The molecule has 1 saturated heterocycles. The van der Waals surface area contributed by atoms with E-state index < -0.39 is 4.92 Å². The highest BCUT2D eigenvalue weighted by molar-refractivity contribution is 8.00. The predicted octanol–water partition coefficient (Wildman–Crippen LogP) is 1.46. The van der Waals surface area contributed by atoms with Gasteiger partial charge < -0.3 is 5.32 Å². The molecule has 1 atom stereocenters. The molecule has 1 amide bonds. The summed E-state index contributed by atoms with van der Waals surface area (Å²) in [6.45, 7) is 0. The summed E-state index contributed by atoms with van der Waals surface area (Å²) in [6, 6.07) is 6.32. The van der Waals surface area contributed by atoms with Crippen molar-refractivity contribution in [3.8, 4) is 0 Å². The lowest BCUT2D eigenvalue weighted by molar-refractivity contribution is -0.384. The van der Waals surface area contributed by atoms with Gasteiger partial charge in [0, 0.05) is 12.1 Å². The van der Waals surface area contributed by atoms with Crippen LogP contribution in [0.1, 0.15) is 10.9 Å². The first-order valence-corrected chi connectivity index (χ1v) is 5.37. The third-order valence-corrected chi connectivity index (χ3v) is 3.21. The number of nitrogens with zero attached hydrogens (tertiary/aromatic N) is 1. The van der Waals surface area contributed by atoms with Crippen LogP contribution in [0.3, 0.4) is 0 Å². The van der Waals surface area contributed by atoms with Crippen molar-refractivity contribution < 1.29 is 9.72 Å². The molecule has 1 aliphatic rings. The summed E-state index contributed by atoms with van der Waals surface area (Å²) in [4.78, 5) is 21.1. The van der Waals surface area contributed by atoms with Crippen LogP contribution < -0.4 is 5.32 Å². The first-order chi connectivity index (χ1) is 7.16. The predicted molar refractivity (Wildman–Crippen MR) is 56.4 cm³/mol. The number of benzene rings is 1. The molecule has 1 heterocycles. The largest absolute Gasteiger partial charge is 0.339 e. The van der Waals surface area contributed by atoms with Crippen LogP contribution in [-0.2, 0) is 4.79 Å². The molecule has 0 bridgehead atoms. The Morgan fingerprint density at radius 1 is 1.53 bits per heavy atom. The zero-order valence-corrected chi connectivity index (χ0v) is 8.49. The second-order valence-electron chi connectivity index (χ2n) is 3.11. The lowest BCUT2D eigenvalue weighted by atomic mass is 10.2. The Kier molecular flexibility index (Phi) is 2.59. The van der Waals surface area contributed by atoms with E-state index in [1.165, 1.54) is 23.9 Å². The average molecular weight is 224 g/mol. The molecular weight excluding hydrogens is 216 g/mol. The topological polar surface area (TPSA) is 72.2 Å². The molecule has 78 valence electrons. The molecule has 1 aliphatic heterocycles. The standard InChI is InChI=1S/C9H8N2O3S/c12-8-5-15-9(10-8)6-2-1-3-7(4-6)11(13)14/h1-4,9H,5H2,(H,10,12)/t9-/m0/s1. The molecule has 0 unspecified atom stereocenters. The third-order valence-electron chi connectivity index (χ3n) is 2.06. The molecule has 15 heavy (non-hydrogen) atoms. The minimum atomic E-state index is -0.440. The average Bonchev–Trinajstić information content (AvgIpc) is 2.65. The monoisotopic (exact) mass is 224 g/mol. The van der Waals surface area contributed by atoms with Crippen molar-refractivity contribution in [2.45, 2.75) is 5.37 Å². The summed E-state index contributed by atoms with van der Waals surface area (Å²) >= 11 is 1.44. The van der Waals surface area contributed by atoms with Crippen molar-refractivity contribution in [3.05, 3.63) is 39.9 Å². The maximum Gasteiger partial charge on any atom is 0.269 e. The summed E-state index contributed by atoms with van der Waals surface area (Å²) in [5.74, 6) is 0.379. The van der Waals surface area contributed by atoms with Gasteiger partial charge >= 0.3 is 0 Å². The number of non-ortho nitro benzene ring substituents is 1. The van der Waals surface area contributed by atoms with Gasteiger partial charge in [0.15, 0.2) is 0 Å². The van der Waals surface area contributed by atoms with Crippen molar-refractivity contribution in [3.63, 3.8) is 0 Å². The first-order valence-electron chi connectivity index (χ1n) is 4.32.